The third-order valence-corrected chi connectivity index (χ3v) is 2.53. The zero-order chi connectivity index (χ0) is 10.6. The Kier molecular flexibility index (Phi) is 9.74. The highest BCUT2D eigenvalue weighted by molar-refractivity contribution is 4.81. The van der Waals surface area contributed by atoms with Crippen LogP contribution in [0.25, 0.3) is 0 Å². The molecule has 0 N–H and O–H groups in total. The largest absolute Gasteiger partial charge is 0.198 e. The molecule has 1 atom stereocenters. The normalized spacial score (nSPS) is 12.0. The number of unbranched alkanes of at least 4 members (excludes halogenated alkanes) is 4. The number of nitriles is 1. The fraction of sp³-hybridized carbons (Fsp3) is 0.769. The second-order valence-electron chi connectivity index (χ2n) is 3.89. The zero-order valence-corrected chi connectivity index (χ0v) is 9.47. The van der Waals surface area contributed by atoms with Gasteiger partial charge in [-0.05, 0) is 25.7 Å². The number of allylic oxidation sites excluding steroid dienone is 1. The maximum atomic E-state index is 8.83. The van der Waals surface area contributed by atoms with Gasteiger partial charge in [-0.25, -0.2) is 0 Å². The molecule has 0 aliphatic heterocycles. The molecule has 80 valence electrons. The monoisotopic (exact) mass is 193 g/mol. The average Bonchev–Trinajstić information content (AvgIpc) is 2.21. The number of hydrogen-bond donors (Lipinski definition) is 0. The number of nitrogens with zero attached hydrogens (tertiary/aromatic N) is 1. The van der Waals surface area contributed by atoms with Crippen LogP contribution in [0.3, 0.4) is 0 Å². The molecule has 0 aromatic heterocycles. The molecule has 1 unspecified atom stereocenters. The Morgan fingerprint density at radius 1 is 1.21 bits per heavy atom. The van der Waals surface area contributed by atoms with Crippen LogP contribution >= 0.6 is 0 Å². The van der Waals surface area contributed by atoms with Crippen LogP contribution in [0.15, 0.2) is 12.7 Å². The van der Waals surface area contributed by atoms with E-state index in [9.17, 15) is 0 Å². The minimum absolute atomic E-state index is 0.305. The van der Waals surface area contributed by atoms with E-state index in [0.29, 0.717) is 5.92 Å². The van der Waals surface area contributed by atoms with Crippen molar-refractivity contribution in [1.82, 2.24) is 0 Å². The van der Waals surface area contributed by atoms with Crippen LogP contribution < -0.4 is 0 Å². The summed E-state index contributed by atoms with van der Waals surface area (Å²) >= 11 is 0. The van der Waals surface area contributed by atoms with E-state index in [-0.39, 0.29) is 0 Å². The maximum Gasteiger partial charge on any atom is 0.0655 e. The van der Waals surface area contributed by atoms with Gasteiger partial charge in [0.25, 0.3) is 0 Å². The first-order valence-electron chi connectivity index (χ1n) is 5.85. The third kappa shape index (κ3) is 7.86. The minimum atomic E-state index is 0.305. The highest BCUT2D eigenvalue weighted by Gasteiger charge is 2.04. The molecule has 0 bridgehead atoms. The first-order valence-corrected chi connectivity index (χ1v) is 5.85. The van der Waals surface area contributed by atoms with Crippen molar-refractivity contribution in [1.29, 1.82) is 5.26 Å². The topological polar surface area (TPSA) is 23.8 Å². The molecule has 0 saturated carbocycles. The smallest absolute Gasteiger partial charge is 0.0655 e. The second kappa shape index (κ2) is 10.3. The van der Waals surface area contributed by atoms with Gasteiger partial charge in [-0.3, -0.25) is 0 Å². The van der Waals surface area contributed by atoms with E-state index in [1.807, 2.05) is 6.08 Å². The Hall–Kier alpha value is -0.770. The number of rotatable bonds is 9. The summed E-state index contributed by atoms with van der Waals surface area (Å²) in [4.78, 5) is 0. The van der Waals surface area contributed by atoms with Crippen LogP contribution in [0.2, 0.25) is 0 Å². The summed E-state index contributed by atoms with van der Waals surface area (Å²) in [5.41, 5.74) is 0. The predicted molar refractivity (Wildman–Crippen MR) is 61.9 cm³/mol. The van der Waals surface area contributed by atoms with Gasteiger partial charge in [-0.2, -0.15) is 5.26 Å². The Morgan fingerprint density at radius 3 is 2.50 bits per heavy atom. The molecule has 0 aromatic rings. The molecule has 0 aliphatic rings. The Bertz CT molecular complexity index is 167. The Morgan fingerprint density at radius 2 is 1.93 bits per heavy atom. The van der Waals surface area contributed by atoms with Gasteiger partial charge in [-0.1, -0.05) is 38.7 Å². The highest BCUT2D eigenvalue weighted by atomic mass is 14.3. The van der Waals surface area contributed by atoms with Gasteiger partial charge in [0.05, 0.1) is 6.07 Å². The van der Waals surface area contributed by atoms with Gasteiger partial charge in [0.1, 0.15) is 0 Å². The summed E-state index contributed by atoms with van der Waals surface area (Å²) in [6, 6.07) is 2.39. The van der Waals surface area contributed by atoms with Crippen molar-refractivity contribution in [2.24, 2.45) is 5.92 Å². The lowest BCUT2D eigenvalue weighted by atomic mass is 9.97. The molecule has 14 heavy (non-hydrogen) atoms. The summed E-state index contributed by atoms with van der Waals surface area (Å²) in [6.07, 6.45) is 11.5. The van der Waals surface area contributed by atoms with E-state index in [1.165, 1.54) is 25.7 Å². The molecule has 1 heteroatoms. The molecule has 0 aliphatic carbocycles. The molecule has 0 radical (unpaired) electrons. The SMILES string of the molecule is C=CCCCCCCC(C#N)CCC. The van der Waals surface area contributed by atoms with Gasteiger partial charge >= 0.3 is 0 Å². The van der Waals surface area contributed by atoms with Crippen molar-refractivity contribution in [3.63, 3.8) is 0 Å². The van der Waals surface area contributed by atoms with Crippen molar-refractivity contribution in [2.75, 3.05) is 0 Å². The fourth-order valence-corrected chi connectivity index (χ4v) is 1.65. The maximum absolute atomic E-state index is 8.83. The lowest BCUT2D eigenvalue weighted by molar-refractivity contribution is 0.502. The molecule has 0 saturated heterocycles. The second-order valence-corrected chi connectivity index (χ2v) is 3.89. The molecule has 0 heterocycles. The Balaban J connectivity index is 3.25. The van der Waals surface area contributed by atoms with Crippen LogP contribution in [0.1, 0.15) is 58.3 Å². The van der Waals surface area contributed by atoms with Crippen molar-refractivity contribution in [2.45, 2.75) is 58.3 Å². The lowest BCUT2D eigenvalue weighted by Crippen LogP contribution is -1.96. The van der Waals surface area contributed by atoms with Crippen molar-refractivity contribution in [3.8, 4) is 6.07 Å². The molecule has 1 nitrogen and oxygen atoms in total. The first-order chi connectivity index (χ1) is 6.85. The zero-order valence-electron chi connectivity index (χ0n) is 9.47. The van der Waals surface area contributed by atoms with Gasteiger partial charge in [0, 0.05) is 5.92 Å². The van der Waals surface area contributed by atoms with E-state index in [0.717, 1.165) is 25.7 Å². The van der Waals surface area contributed by atoms with E-state index < -0.39 is 0 Å². The summed E-state index contributed by atoms with van der Waals surface area (Å²) in [5, 5.41) is 8.83. The van der Waals surface area contributed by atoms with Gasteiger partial charge in [-0.15, -0.1) is 6.58 Å². The quantitative estimate of drug-likeness (QED) is 0.392. The van der Waals surface area contributed by atoms with E-state index in [1.54, 1.807) is 0 Å². The fourth-order valence-electron chi connectivity index (χ4n) is 1.65. The molecular formula is C13H23N. The molecule has 0 rings (SSSR count). The van der Waals surface area contributed by atoms with E-state index in [2.05, 4.69) is 19.6 Å². The molecule has 0 aromatic carbocycles. The summed E-state index contributed by atoms with van der Waals surface area (Å²) in [5.74, 6) is 0.305. The van der Waals surface area contributed by atoms with Gasteiger partial charge in [0.2, 0.25) is 0 Å². The summed E-state index contributed by atoms with van der Waals surface area (Å²) in [6.45, 7) is 5.85. The first kappa shape index (κ1) is 13.2. The van der Waals surface area contributed by atoms with Crippen LogP contribution in [-0.4, -0.2) is 0 Å². The standard InChI is InChI=1S/C13H23N/c1-3-5-6-7-8-9-11-13(12-14)10-4-2/h3,13H,1,4-11H2,2H3. The number of hydrogen-bond acceptors (Lipinski definition) is 1. The van der Waals surface area contributed by atoms with Gasteiger partial charge < -0.3 is 0 Å². The molecular weight excluding hydrogens is 170 g/mol. The molecule has 0 spiro atoms. The van der Waals surface area contributed by atoms with Crippen molar-refractivity contribution in [3.05, 3.63) is 12.7 Å². The lowest BCUT2D eigenvalue weighted by Gasteiger charge is -2.06. The van der Waals surface area contributed by atoms with E-state index in [4.69, 9.17) is 5.26 Å². The van der Waals surface area contributed by atoms with E-state index >= 15 is 0 Å². The summed E-state index contributed by atoms with van der Waals surface area (Å²) < 4.78 is 0. The highest BCUT2D eigenvalue weighted by Crippen LogP contribution is 2.15. The van der Waals surface area contributed by atoms with Gasteiger partial charge in [0.15, 0.2) is 0 Å². The van der Waals surface area contributed by atoms with Crippen LogP contribution in [0, 0.1) is 17.2 Å². The third-order valence-electron chi connectivity index (χ3n) is 2.53. The molecule has 0 fully saturated rings. The Labute approximate surface area is 88.8 Å². The minimum Gasteiger partial charge on any atom is -0.198 e. The summed E-state index contributed by atoms with van der Waals surface area (Å²) in [7, 11) is 0. The molecule has 0 amide bonds. The van der Waals surface area contributed by atoms with Crippen LogP contribution in [0.4, 0.5) is 0 Å². The van der Waals surface area contributed by atoms with Crippen LogP contribution in [-0.2, 0) is 0 Å². The van der Waals surface area contributed by atoms with Crippen molar-refractivity contribution >= 4 is 0 Å². The average molecular weight is 193 g/mol. The van der Waals surface area contributed by atoms with Crippen LogP contribution in [0.5, 0.6) is 0 Å². The van der Waals surface area contributed by atoms with Crippen molar-refractivity contribution < 1.29 is 0 Å². The predicted octanol–water partition coefficient (Wildman–Crippen LogP) is 4.45.